The van der Waals surface area contributed by atoms with Gasteiger partial charge < -0.3 is 9.15 Å². The van der Waals surface area contributed by atoms with Crippen molar-refractivity contribution in [1.82, 2.24) is 4.98 Å². The number of aromatic amines is 1. The van der Waals surface area contributed by atoms with Crippen LogP contribution in [0.4, 0.5) is 0 Å². The number of hydrogen-bond donors (Lipinski definition) is 1. The van der Waals surface area contributed by atoms with Crippen molar-refractivity contribution in [1.29, 1.82) is 0 Å². The van der Waals surface area contributed by atoms with Gasteiger partial charge in [0.25, 0.3) is 5.56 Å². The van der Waals surface area contributed by atoms with Gasteiger partial charge in [-0.15, -0.1) is 0 Å². The van der Waals surface area contributed by atoms with Crippen molar-refractivity contribution in [2.45, 2.75) is 32.1 Å². The van der Waals surface area contributed by atoms with Gasteiger partial charge in [-0.25, -0.2) is 4.79 Å². The second-order valence-corrected chi connectivity index (χ2v) is 3.88. The Labute approximate surface area is 96.6 Å². The number of hydrogen-bond acceptors (Lipinski definition) is 5. The summed E-state index contributed by atoms with van der Waals surface area (Å²) >= 11 is 0. The topological polar surface area (TPSA) is 89.4 Å². The van der Waals surface area contributed by atoms with Crippen molar-refractivity contribution in [3.8, 4) is 0 Å². The lowest BCUT2D eigenvalue weighted by Crippen LogP contribution is -2.31. The average Bonchev–Trinajstić information content (AvgIpc) is 2.28. The van der Waals surface area contributed by atoms with Gasteiger partial charge in [-0.2, -0.15) is 0 Å². The molecule has 1 aliphatic carbocycles. The molecule has 0 fully saturated rings. The molecule has 0 aliphatic heterocycles. The first-order valence-electron chi connectivity index (χ1n) is 5.56. The van der Waals surface area contributed by atoms with Crippen molar-refractivity contribution >= 4 is 5.97 Å². The smallest absolute Gasteiger partial charge is 0.419 e. The van der Waals surface area contributed by atoms with E-state index >= 15 is 0 Å². The molecule has 17 heavy (non-hydrogen) atoms. The van der Waals surface area contributed by atoms with Gasteiger partial charge in [0.2, 0.25) is 0 Å². The molecule has 0 saturated heterocycles. The number of esters is 1. The Morgan fingerprint density at radius 3 is 3.00 bits per heavy atom. The minimum absolute atomic E-state index is 0.170. The number of H-pyrrole nitrogens is 1. The maximum Gasteiger partial charge on any atom is 0.419 e. The molecule has 1 aliphatic rings. The molecule has 0 aromatic carbocycles. The molecule has 1 aromatic heterocycles. The highest BCUT2D eigenvalue weighted by molar-refractivity contribution is 5.78. The molecule has 0 saturated carbocycles. The molecule has 92 valence electrons. The SMILES string of the molecule is CCOC(=O)C1CCCc2c1oc(=O)[nH]c2=O. The molecule has 6 heteroatoms. The molecule has 0 bridgehead atoms. The van der Waals surface area contributed by atoms with E-state index in [0.29, 0.717) is 24.8 Å². The van der Waals surface area contributed by atoms with Crippen LogP contribution in [0, 0.1) is 0 Å². The third-order valence-corrected chi connectivity index (χ3v) is 2.80. The van der Waals surface area contributed by atoms with Crippen LogP contribution in [0.25, 0.3) is 0 Å². The number of ether oxygens (including phenoxy) is 1. The van der Waals surface area contributed by atoms with Gasteiger partial charge in [0.1, 0.15) is 11.7 Å². The van der Waals surface area contributed by atoms with Crippen LogP contribution in [0.3, 0.4) is 0 Å². The highest BCUT2D eigenvalue weighted by atomic mass is 16.5. The lowest BCUT2D eigenvalue weighted by atomic mass is 9.88. The Bertz CT molecular complexity index is 542. The zero-order valence-corrected chi connectivity index (χ0v) is 9.45. The van der Waals surface area contributed by atoms with E-state index in [1.807, 2.05) is 0 Å². The van der Waals surface area contributed by atoms with Crippen LogP contribution in [0.1, 0.15) is 37.0 Å². The summed E-state index contributed by atoms with van der Waals surface area (Å²) in [6.45, 7) is 1.97. The second kappa shape index (κ2) is 4.57. The van der Waals surface area contributed by atoms with Crippen LogP contribution in [-0.4, -0.2) is 17.6 Å². The van der Waals surface area contributed by atoms with E-state index in [9.17, 15) is 14.4 Å². The predicted octanol–water partition coefficient (Wildman–Crippen LogP) is 0.311. The monoisotopic (exact) mass is 239 g/mol. The van der Waals surface area contributed by atoms with Gasteiger partial charge >= 0.3 is 11.7 Å². The Hall–Kier alpha value is -1.85. The predicted molar refractivity (Wildman–Crippen MR) is 57.9 cm³/mol. The van der Waals surface area contributed by atoms with E-state index in [1.54, 1.807) is 6.92 Å². The molecule has 0 spiro atoms. The molecule has 6 nitrogen and oxygen atoms in total. The molecule has 1 heterocycles. The van der Waals surface area contributed by atoms with Crippen LogP contribution in [0.5, 0.6) is 0 Å². The van der Waals surface area contributed by atoms with Crippen molar-refractivity contribution in [3.63, 3.8) is 0 Å². The minimum atomic E-state index is -0.829. The summed E-state index contributed by atoms with van der Waals surface area (Å²) in [5, 5.41) is 0. The first-order chi connectivity index (χ1) is 8.13. The lowest BCUT2D eigenvalue weighted by molar-refractivity contribution is -0.145. The fourth-order valence-electron chi connectivity index (χ4n) is 2.07. The zero-order valence-electron chi connectivity index (χ0n) is 9.45. The van der Waals surface area contributed by atoms with E-state index in [2.05, 4.69) is 4.98 Å². The molecule has 1 aromatic rings. The summed E-state index contributed by atoms with van der Waals surface area (Å²) in [7, 11) is 0. The molecular weight excluding hydrogens is 226 g/mol. The Morgan fingerprint density at radius 2 is 2.29 bits per heavy atom. The lowest BCUT2D eigenvalue weighted by Gasteiger charge is -2.20. The van der Waals surface area contributed by atoms with E-state index in [1.165, 1.54) is 0 Å². The molecule has 1 N–H and O–H groups in total. The number of carbonyl (C=O) groups excluding carboxylic acids is 1. The van der Waals surface area contributed by atoms with Gasteiger partial charge in [-0.1, -0.05) is 0 Å². The number of nitrogens with one attached hydrogen (secondary N) is 1. The summed E-state index contributed by atoms with van der Waals surface area (Å²) in [6.07, 6.45) is 1.76. The van der Waals surface area contributed by atoms with Crippen LogP contribution < -0.4 is 11.3 Å². The second-order valence-electron chi connectivity index (χ2n) is 3.88. The molecule has 1 unspecified atom stereocenters. The molecule has 1 atom stereocenters. The first-order valence-corrected chi connectivity index (χ1v) is 5.56. The first kappa shape index (κ1) is 11.6. The summed E-state index contributed by atoms with van der Waals surface area (Å²) in [6, 6.07) is 0. The van der Waals surface area contributed by atoms with Gasteiger partial charge in [-0.05, 0) is 26.2 Å². The average molecular weight is 239 g/mol. The molecular formula is C11H13NO5. The Morgan fingerprint density at radius 1 is 1.53 bits per heavy atom. The van der Waals surface area contributed by atoms with Crippen molar-refractivity contribution in [2.24, 2.45) is 0 Å². The minimum Gasteiger partial charge on any atom is -0.465 e. The maximum absolute atomic E-state index is 11.7. The van der Waals surface area contributed by atoms with E-state index < -0.39 is 23.2 Å². The summed E-state index contributed by atoms with van der Waals surface area (Å²) < 4.78 is 9.85. The number of aromatic nitrogens is 1. The number of carbonyl (C=O) groups is 1. The molecule has 2 rings (SSSR count). The Kier molecular flexibility index (Phi) is 3.12. The molecule has 0 amide bonds. The highest BCUT2D eigenvalue weighted by Crippen LogP contribution is 2.29. The van der Waals surface area contributed by atoms with Crippen LogP contribution in [0.15, 0.2) is 14.0 Å². The van der Waals surface area contributed by atoms with Gasteiger partial charge in [0.05, 0.1) is 12.2 Å². The van der Waals surface area contributed by atoms with Crippen LogP contribution in [-0.2, 0) is 16.0 Å². The van der Waals surface area contributed by atoms with E-state index in [-0.39, 0.29) is 12.4 Å². The Balaban J connectivity index is 2.47. The molecule has 0 radical (unpaired) electrons. The van der Waals surface area contributed by atoms with Crippen molar-refractivity contribution in [3.05, 3.63) is 32.2 Å². The number of rotatable bonds is 2. The number of fused-ring (bicyclic) bond motifs is 1. The maximum atomic E-state index is 11.7. The van der Waals surface area contributed by atoms with Crippen LogP contribution >= 0.6 is 0 Å². The van der Waals surface area contributed by atoms with Crippen molar-refractivity contribution in [2.75, 3.05) is 6.61 Å². The van der Waals surface area contributed by atoms with Gasteiger partial charge in [-0.3, -0.25) is 14.6 Å². The van der Waals surface area contributed by atoms with Crippen LogP contribution in [0.2, 0.25) is 0 Å². The summed E-state index contributed by atoms with van der Waals surface area (Å²) in [5.74, 6) is -1.73. The third-order valence-electron chi connectivity index (χ3n) is 2.80. The summed E-state index contributed by atoms with van der Waals surface area (Å²) in [4.78, 5) is 36.4. The van der Waals surface area contributed by atoms with E-state index in [0.717, 1.165) is 0 Å². The highest BCUT2D eigenvalue weighted by Gasteiger charge is 2.32. The fraction of sp³-hybridized carbons (Fsp3) is 0.545. The van der Waals surface area contributed by atoms with Crippen molar-refractivity contribution < 1.29 is 13.9 Å². The zero-order chi connectivity index (χ0) is 12.4. The normalized spacial score (nSPS) is 18.5. The summed E-state index contributed by atoms with van der Waals surface area (Å²) in [5.41, 5.74) is -0.0841. The van der Waals surface area contributed by atoms with Gasteiger partial charge in [0, 0.05) is 0 Å². The quantitative estimate of drug-likeness (QED) is 0.750. The fourth-order valence-corrected chi connectivity index (χ4v) is 2.07. The largest absolute Gasteiger partial charge is 0.465 e. The standard InChI is InChI=1S/C11H13NO5/c1-2-16-10(14)7-5-3-4-6-8(7)17-11(15)12-9(6)13/h7H,2-5H2,1H3,(H,12,13,15). The van der Waals surface area contributed by atoms with E-state index in [4.69, 9.17) is 9.15 Å². The van der Waals surface area contributed by atoms with Gasteiger partial charge in [0.15, 0.2) is 0 Å². The third kappa shape index (κ3) is 2.15.